The number of hydrogen-bond donors (Lipinski definition) is 1. The number of ether oxygens (including phenoxy) is 1. The van der Waals surface area contributed by atoms with Crippen LogP contribution in [-0.4, -0.2) is 46.7 Å². The van der Waals surface area contributed by atoms with E-state index in [9.17, 15) is 4.79 Å². The van der Waals surface area contributed by atoms with Gasteiger partial charge in [0.1, 0.15) is 12.0 Å². The van der Waals surface area contributed by atoms with Gasteiger partial charge in [-0.2, -0.15) is 12.6 Å². The Morgan fingerprint density at radius 1 is 1.22 bits per heavy atom. The lowest BCUT2D eigenvalue weighted by molar-refractivity contribution is -0.194. The molecule has 1 aromatic carbocycles. The van der Waals surface area contributed by atoms with Crippen molar-refractivity contribution in [2.75, 3.05) is 19.0 Å². The molecule has 27 heavy (non-hydrogen) atoms. The highest BCUT2D eigenvalue weighted by molar-refractivity contribution is 7.80. The van der Waals surface area contributed by atoms with Gasteiger partial charge in [-0.05, 0) is 6.07 Å². The number of likely N-dealkylation sites (tertiary alicyclic amines) is 1. The molecule has 0 aliphatic carbocycles. The predicted octanol–water partition coefficient (Wildman–Crippen LogP) is 3.85. The summed E-state index contributed by atoms with van der Waals surface area (Å²) in [4.78, 5) is 17.2. The van der Waals surface area contributed by atoms with Crippen LogP contribution in [0.3, 0.4) is 0 Å². The van der Waals surface area contributed by atoms with E-state index in [-0.39, 0.29) is 19.3 Å². The van der Waals surface area contributed by atoms with Gasteiger partial charge in [-0.1, -0.05) is 24.3 Å². The summed E-state index contributed by atoms with van der Waals surface area (Å²) in [6.07, 6.45) is 2.49. The van der Waals surface area contributed by atoms with Crippen molar-refractivity contribution >= 4 is 18.9 Å². The molecule has 0 bridgehead atoms. The summed E-state index contributed by atoms with van der Waals surface area (Å²) in [5, 5.41) is 0. The van der Waals surface area contributed by atoms with Gasteiger partial charge in [0.2, 0.25) is 0 Å². The van der Waals surface area contributed by atoms with Gasteiger partial charge in [0.25, 0.3) is 5.92 Å². The van der Waals surface area contributed by atoms with Crippen LogP contribution in [0.1, 0.15) is 28.8 Å². The Morgan fingerprint density at radius 2 is 1.93 bits per heavy atom. The number of thiol groups is 1. The number of carbonyl (C=O) groups excluding carboxylic acids is 1. The molecule has 1 spiro atoms. The van der Waals surface area contributed by atoms with Gasteiger partial charge in [0.05, 0.1) is 11.9 Å². The molecule has 1 fully saturated rings. The van der Waals surface area contributed by atoms with Gasteiger partial charge in [0.15, 0.2) is 5.60 Å². The van der Waals surface area contributed by atoms with Crippen LogP contribution in [-0.2, 0) is 6.42 Å². The topological polar surface area (TPSA) is 42.4 Å². The normalized spacial score (nSPS) is 20.7. The fourth-order valence-electron chi connectivity index (χ4n) is 3.81. The Kier molecular flexibility index (Phi) is 4.68. The lowest BCUT2D eigenvalue weighted by Gasteiger charge is -2.48. The van der Waals surface area contributed by atoms with E-state index in [1.54, 1.807) is 36.5 Å². The molecule has 142 valence electrons. The molecule has 0 radical (unpaired) electrons. The lowest BCUT2D eigenvalue weighted by Crippen LogP contribution is -2.61. The minimum absolute atomic E-state index is 0.273. The van der Waals surface area contributed by atoms with Crippen molar-refractivity contribution in [3.63, 3.8) is 0 Å². The van der Waals surface area contributed by atoms with Crippen LogP contribution in [0, 0.1) is 0 Å². The first-order valence-corrected chi connectivity index (χ1v) is 9.54. The van der Waals surface area contributed by atoms with Gasteiger partial charge in [-0.25, -0.2) is 8.78 Å². The Morgan fingerprint density at radius 3 is 2.56 bits per heavy atom. The van der Waals surface area contributed by atoms with Crippen molar-refractivity contribution in [1.29, 1.82) is 0 Å². The fraction of sp³-hybridized carbons (Fsp3) is 0.400. The van der Waals surface area contributed by atoms with Gasteiger partial charge in [0, 0.05) is 54.9 Å². The van der Waals surface area contributed by atoms with Gasteiger partial charge < -0.3 is 4.74 Å². The number of carbonyl (C=O) groups is 1. The standard InChI is InChI=1S/C20H20F2N2O2S/c21-20(22)10-16-9-17(15-3-1-14(12-25)2-4-15)23-11-18(16)26-19(20)5-7-24(13-27)8-6-19/h1-4,9,11-12,27H,5-8,10,13H2. The predicted molar refractivity (Wildman–Crippen MR) is 102 cm³/mol. The fourth-order valence-corrected chi connectivity index (χ4v) is 4.10. The highest BCUT2D eigenvalue weighted by Gasteiger charge is 2.59. The number of fused-ring (bicyclic) bond motifs is 1. The number of nitrogens with zero attached hydrogens (tertiary/aromatic N) is 2. The van der Waals surface area contributed by atoms with Crippen LogP contribution < -0.4 is 4.74 Å². The molecule has 4 nitrogen and oxygen atoms in total. The zero-order chi connectivity index (χ0) is 19.1. The number of aldehydes is 1. The minimum atomic E-state index is -2.94. The van der Waals surface area contributed by atoms with Crippen LogP contribution in [0.5, 0.6) is 5.75 Å². The van der Waals surface area contributed by atoms with Gasteiger partial charge >= 0.3 is 0 Å². The van der Waals surface area contributed by atoms with Crippen LogP contribution in [0.2, 0.25) is 0 Å². The lowest BCUT2D eigenvalue weighted by atomic mass is 9.80. The van der Waals surface area contributed by atoms with E-state index in [0.717, 1.165) is 11.8 Å². The zero-order valence-electron chi connectivity index (χ0n) is 14.7. The Labute approximate surface area is 162 Å². The summed E-state index contributed by atoms with van der Waals surface area (Å²) in [6, 6.07) is 8.54. The number of hydrogen-bond acceptors (Lipinski definition) is 5. The molecule has 0 amide bonds. The molecule has 2 aliphatic rings. The quantitative estimate of drug-likeness (QED) is 0.639. The van der Waals surface area contributed by atoms with Crippen molar-refractivity contribution in [2.45, 2.75) is 30.8 Å². The Bertz CT molecular complexity index is 850. The van der Waals surface area contributed by atoms with Crippen molar-refractivity contribution in [3.05, 3.63) is 47.7 Å². The van der Waals surface area contributed by atoms with Crippen LogP contribution >= 0.6 is 12.6 Å². The summed E-state index contributed by atoms with van der Waals surface area (Å²) in [7, 11) is 0. The molecule has 7 heteroatoms. The van der Waals surface area contributed by atoms with E-state index in [0.29, 0.717) is 41.5 Å². The van der Waals surface area contributed by atoms with E-state index in [4.69, 9.17) is 4.74 Å². The maximum absolute atomic E-state index is 15.1. The number of halogens is 2. The van der Waals surface area contributed by atoms with Crippen molar-refractivity contribution in [3.8, 4) is 17.0 Å². The third-order valence-corrected chi connectivity index (χ3v) is 5.94. The maximum atomic E-state index is 15.1. The highest BCUT2D eigenvalue weighted by atomic mass is 32.1. The molecule has 4 rings (SSSR count). The number of aromatic nitrogens is 1. The first-order chi connectivity index (χ1) is 13.0. The minimum Gasteiger partial charge on any atom is -0.479 e. The van der Waals surface area contributed by atoms with E-state index >= 15 is 8.78 Å². The summed E-state index contributed by atoms with van der Waals surface area (Å²) >= 11 is 4.23. The molecule has 2 aliphatic heterocycles. The Hall–Kier alpha value is -1.99. The Balaban J connectivity index is 1.63. The van der Waals surface area contributed by atoms with E-state index < -0.39 is 11.5 Å². The number of rotatable bonds is 3. The number of pyridine rings is 1. The second-order valence-electron chi connectivity index (χ2n) is 7.15. The SMILES string of the molecule is O=Cc1ccc(-c2cc3c(cn2)OC2(CCN(CS)CC2)C(F)(F)C3)cc1. The third-order valence-electron chi connectivity index (χ3n) is 5.54. The number of piperidine rings is 1. The molecule has 2 aromatic rings. The van der Waals surface area contributed by atoms with Gasteiger partial charge in [-0.3, -0.25) is 14.7 Å². The summed E-state index contributed by atoms with van der Waals surface area (Å²) < 4.78 is 36.0. The number of alkyl halides is 2. The van der Waals surface area contributed by atoms with Crippen molar-refractivity contribution < 1.29 is 18.3 Å². The largest absolute Gasteiger partial charge is 0.479 e. The van der Waals surface area contributed by atoms with Crippen molar-refractivity contribution in [1.82, 2.24) is 9.88 Å². The zero-order valence-corrected chi connectivity index (χ0v) is 15.6. The smallest absolute Gasteiger partial charge is 0.291 e. The molecular weight excluding hydrogens is 370 g/mol. The van der Waals surface area contributed by atoms with E-state index in [1.807, 2.05) is 4.90 Å². The first-order valence-electron chi connectivity index (χ1n) is 8.91. The average Bonchev–Trinajstić information content (AvgIpc) is 2.69. The molecule has 0 atom stereocenters. The molecule has 0 unspecified atom stereocenters. The van der Waals surface area contributed by atoms with Crippen LogP contribution in [0.15, 0.2) is 36.5 Å². The van der Waals surface area contributed by atoms with Crippen molar-refractivity contribution in [2.24, 2.45) is 0 Å². The van der Waals surface area contributed by atoms with Crippen LogP contribution in [0.4, 0.5) is 8.78 Å². The summed E-state index contributed by atoms with van der Waals surface area (Å²) in [6.45, 7) is 1.09. The number of benzene rings is 1. The molecule has 3 heterocycles. The monoisotopic (exact) mass is 390 g/mol. The second-order valence-corrected chi connectivity index (χ2v) is 7.44. The maximum Gasteiger partial charge on any atom is 0.291 e. The molecule has 1 aromatic heterocycles. The third kappa shape index (κ3) is 3.23. The summed E-state index contributed by atoms with van der Waals surface area (Å²) in [5.74, 6) is -1.94. The molecule has 0 saturated carbocycles. The van der Waals surface area contributed by atoms with Gasteiger partial charge in [-0.15, -0.1) is 0 Å². The van der Waals surface area contributed by atoms with E-state index in [2.05, 4.69) is 17.6 Å². The summed E-state index contributed by atoms with van der Waals surface area (Å²) in [5.41, 5.74) is 0.919. The average molecular weight is 390 g/mol. The first kappa shape index (κ1) is 18.4. The molecule has 1 saturated heterocycles. The molecule has 0 N–H and O–H groups in total. The molecular formula is C20H20F2N2O2S. The van der Waals surface area contributed by atoms with E-state index in [1.165, 1.54) is 0 Å². The second kappa shape index (κ2) is 6.87. The van der Waals surface area contributed by atoms with Crippen LogP contribution in [0.25, 0.3) is 11.3 Å². The highest BCUT2D eigenvalue weighted by Crippen LogP contribution is 2.48.